The summed E-state index contributed by atoms with van der Waals surface area (Å²) in [6.45, 7) is 3.89. The van der Waals surface area contributed by atoms with Crippen LogP contribution in [0.4, 0.5) is 0 Å². The van der Waals surface area contributed by atoms with E-state index in [1.807, 2.05) is 13.8 Å². The lowest BCUT2D eigenvalue weighted by Crippen LogP contribution is -2.47. The van der Waals surface area contributed by atoms with Crippen molar-refractivity contribution in [3.8, 4) is 0 Å². The van der Waals surface area contributed by atoms with Gasteiger partial charge in [-0.2, -0.15) is 0 Å². The molecule has 0 aromatic heterocycles. The van der Waals surface area contributed by atoms with Crippen LogP contribution in [0, 0.1) is 5.41 Å². The van der Waals surface area contributed by atoms with Crippen LogP contribution in [0.5, 0.6) is 0 Å². The highest BCUT2D eigenvalue weighted by Gasteiger charge is 2.35. The summed E-state index contributed by atoms with van der Waals surface area (Å²) in [5.74, 6) is -2.04. The number of amides is 1. The second-order valence-corrected chi connectivity index (χ2v) is 7.37. The van der Waals surface area contributed by atoms with Crippen molar-refractivity contribution in [1.82, 2.24) is 10.6 Å². The monoisotopic (exact) mass is 372 g/mol. The van der Waals surface area contributed by atoms with Crippen molar-refractivity contribution in [2.45, 2.75) is 32.7 Å². The molecule has 7 nitrogen and oxygen atoms in total. The molecule has 1 atom stereocenters. The van der Waals surface area contributed by atoms with Gasteiger partial charge < -0.3 is 15.7 Å². The summed E-state index contributed by atoms with van der Waals surface area (Å²) >= 11 is 0. The van der Waals surface area contributed by atoms with Gasteiger partial charge in [0.25, 0.3) is 5.91 Å². The first kappa shape index (κ1) is 20.5. The minimum absolute atomic E-state index is 0.0361. The highest BCUT2D eigenvalue weighted by molar-refractivity contribution is 6.22. The Labute approximate surface area is 157 Å². The number of carboxylic acids is 1. The topological polar surface area (TPSA) is 113 Å². The van der Waals surface area contributed by atoms with Crippen LogP contribution in [0.25, 0.3) is 0 Å². The number of carboxylic acid groups (broad SMARTS) is 1. The molecule has 1 fully saturated rings. The zero-order valence-corrected chi connectivity index (χ0v) is 15.5. The van der Waals surface area contributed by atoms with Crippen LogP contribution in [0.1, 0.15) is 37.0 Å². The number of carbonyl (C=O) groups excluding carboxylic acids is 3. The lowest BCUT2D eigenvalue weighted by atomic mass is 9.74. The van der Waals surface area contributed by atoms with E-state index < -0.39 is 17.9 Å². The summed E-state index contributed by atoms with van der Waals surface area (Å²) in [7, 11) is 0. The number of benzene rings is 1. The van der Waals surface area contributed by atoms with E-state index in [-0.39, 0.29) is 35.6 Å². The van der Waals surface area contributed by atoms with Gasteiger partial charge in [-0.3, -0.25) is 14.4 Å². The summed E-state index contributed by atoms with van der Waals surface area (Å²) in [4.78, 5) is 47.6. The van der Waals surface area contributed by atoms with Crippen LogP contribution < -0.4 is 10.6 Å². The SMILES string of the molecule is CC1(C)CC(=O)C(=CCNC[C@H](NC(=O)c2ccccc2)C(=O)O)C(=O)C1. The van der Waals surface area contributed by atoms with Crippen molar-refractivity contribution in [2.75, 3.05) is 13.1 Å². The zero-order valence-electron chi connectivity index (χ0n) is 15.5. The van der Waals surface area contributed by atoms with E-state index >= 15 is 0 Å². The van der Waals surface area contributed by atoms with Crippen molar-refractivity contribution in [1.29, 1.82) is 0 Å². The third-order valence-electron chi connectivity index (χ3n) is 4.32. The van der Waals surface area contributed by atoms with Crippen molar-refractivity contribution in [3.63, 3.8) is 0 Å². The zero-order chi connectivity index (χ0) is 20.0. The van der Waals surface area contributed by atoms with Crippen LogP contribution in [-0.2, 0) is 14.4 Å². The number of Topliss-reactive ketones (excluding diaryl/α,β-unsaturated/α-hetero) is 2. The number of ketones is 2. The molecule has 0 heterocycles. The molecule has 0 radical (unpaired) electrons. The maximum atomic E-state index is 12.1. The highest BCUT2D eigenvalue weighted by Crippen LogP contribution is 2.33. The fourth-order valence-electron chi connectivity index (χ4n) is 2.94. The third kappa shape index (κ3) is 5.86. The Hall–Kier alpha value is -2.80. The maximum Gasteiger partial charge on any atom is 0.327 e. The fourth-order valence-corrected chi connectivity index (χ4v) is 2.94. The van der Waals surface area contributed by atoms with Crippen LogP contribution in [-0.4, -0.2) is 47.7 Å². The molecule has 27 heavy (non-hydrogen) atoms. The quantitative estimate of drug-likeness (QED) is 0.378. The van der Waals surface area contributed by atoms with E-state index in [1.165, 1.54) is 6.08 Å². The van der Waals surface area contributed by atoms with E-state index in [9.17, 15) is 24.3 Å². The van der Waals surface area contributed by atoms with Gasteiger partial charge in [0.15, 0.2) is 11.6 Å². The average molecular weight is 372 g/mol. The second-order valence-electron chi connectivity index (χ2n) is 7.37. The van der Waals surface area contributed by atoms with Crippen molar-refractivity contribution in [3.05, 3.63) is 47.5 Å². The second kappa shape index (κ2) is 8.73. The van der Waals surface area contributed by atoms with Gasteiger partial charge in [0.2, 0.25) is 0 Å². The van der Waals surface area contributed by atoms with Crippen LogP contribution in [0.15, 0.2) is 42.0 Å². The largest absolute Gasteiger partial charge is 0.480 e. The summed E-state index contributed by atoms with van der Waals surface area (Å²) in [5.41, 5.74) is 0.212. The molecule has 1 aliphatic carbocycles. The van der Waals surface area contributed by atoms with Crippen molar-refractivity contribution >= 4 is 23.4 Å². The van der Waals surface area contributed by atoms with Crippen LogP contribution in [0.2, 0.25) is 0 Å². The number of carbonyl (C=O) groups is 4. The normalized spacial score (nSPS) is 17.3. The Morgan fingerprint density at radius 3 is 2.30 bits per heavy atom. The average Bonchev–Trinajstić information content (AvgIpc) is 2.58. The summed E-state index contributed by atoms with van der Waals surface area (Å²) in [5, 5.41) is 14.6. The first-order chi connectivity index (χ1) is 12.7. The van der Waals surface area contributed by atoms with Crippen molar-refractivity contribution < 1.29 is 24.3 Å². The Bertz CT molecular complexity index is 746. The van der Waals surface area contributed by atoms with Crippen molar-refractivity contribution in [2.24, 2.45) is 5.41 Å². The molecule has 0 bridgehead atoms. The Balaban J connectivity index is 1.89. The molecule has 0 saturated heterocycles. The predicted molar refractivity (Wildman–Crippen MR) is 99.3 cm³/mol. The molecule has 1 aliphatic rings. The fraction of sp³-hybridized carbons (Fsp3) is 0.400. The van der Waals surface area contributed by atoms with Gasteiger partial charge in [-0.25, -0.2) is 4.79 Å². The number of rotatable bonds is 7. The van der Waals surface area contributed by atoms with Gasteiger partial charge in [0.05, 0.1) is 5.57 Å². The Morgan fingerprint density at radius 1 is 1.15 bits per heavy atom. The molecule has 0 unspecified atom stereocenters. The first-order valence-electron chi connectivity index (χ1n) is 8.75. The smallest absolute Gasteiger partial charge is 0.327 e. The lowest BCUT2D eigenvalue weighted by Gasteiger charge is -2.28. The minimum atomic E-state index is -1.17. The molecule has 2 rings (SSSR count). The van der Waals surface area contributed by atoms with Gasteiger partial charge in [-0.15, -0.1) is 0 Å². The van der Waals surface area contributed by atoms with E-state index in [0.717, 1.165) is 0 Å². The molecule has 1 saturated carbocycles. The van der Waals surface area contributed by atoms with E-state index in [2.05, 4.69) is 10.6 Å². The van der Waals surface area contributed by atoms with Gasteiger partial charge >= 0.3 is 5.97 Å². The van der Waals surface area contributed by atoms with Crippen LogP contribution in [0.3, 0.4) is 0 Å². The summed E-state index contributed by atoms with van der Waals surface area (Å²) in [6.07, 6.45) is 2.13. The molecule has 1 aromatic rings. The number of aliphatic carboxylic acids is 1. The minimum Gasteiger partial charge on any atom is -0.480 e. The van der Waals surface area contributed by atoms with E-state index in [0.29, 0.717) is 18.4 Å². The number of nitrogens with one attached hydrogen (secondary N) is 2. The number of allylic oxidation sites excluding steroid dienone is 1. The first-order valence-corrected chi connectivity index (χ1v) is 8.75. The van der Waals surface area contributed by atoms with Gasteiger partial charge in [0, 0.05) is 31.5 Å². The number of hydrogen-bond acceptors (Lipinski definition) is 5. The van der Waals surface area contributed by atoms with Gasteiger partial charge in [-0.1, -0.05) is 38.1 Å². The summed E-state index contributed by atoms with van der Waals surface area (Å²) < 4.78 is 0. The van der Waals surface area contributed by atoms with Crippen LogP contribution >= 0.6 is 0 Å². The summed E-state index contributed by atoms with van der Waals surface area (Å²) in [6, 6.07) is 7.19. The van der Waals surface area contributed by atoms with E-state index in [1.54, 1.807) is 30.3 Å². The molecular formula is C20H24N2O5. The van der Waals surface area contributed by atoms with Gasteiger partial charge in [0.1, 0.15) is 6.04 Å². The maximum absolute atomic E-state index is 12.1. The molecule has 0 spiro atoms. The lowest BCUT2D eigenvalue weighted by molar-refractivity contribution is -0.139. The Morgan fingerprint density at radius 2 is 1.74 bits per heavy atom. The van der Waals surface area contributed by atoms with E-state index in [4.69, 9.17) is 0 Å². The molecule has 144 valence electrons. The number of hydrogen-bond donors (Lipinski definition) is 3. The predicted octanol–water partition coefficient (Wildman–Crippen LogP) is 1.34. The Kier molecular flexibility index (Phi) is 6.63. The van der Waals surface area contributed by atoms with Gasteiger partial charge in [-0.05, 0) is 17.5 Å². The molecule has 3 N–H and O–H groups in total. The molecule has 1 amide bonds. The molecule has 1 aromatic carbocycles. The molecular weight excluding hydrogens is 348 g/mol. The standard InChI is InChI=1S/C20H24N2O5/c1-20(2)10-16(23)14(17(24)11-20)8-9-21-12-15(19(26)27)22-18(25)13-6-4-3-5-7-13/h3-8,15,21H,9-12H2,1-2H3,(H,22,25)(H,26,27)/t15-/m0/s1. The molecule has 7 heteroatoms. The third-order valence-corrected chi connectivity index (χ3v) is 4.32. The highest BCUT2D eigenvalue weighted by atomic mass is 16.4. The molecule has 0 aliphatic heterocycles.